The Morgan fingerprint density at radius 1 is 0.800 bits per heavy atom. The predicted molar refractivity (Wildman–Crippen MR) is 138 cm³/mol. The Hall–Kier alpha value is -3.64. The van der Waals surface area contributed by atoms with Crippen LogP contribution in [0.1, 0.15) is 35.9 Å². The number of hydrogen-bond acceptors (Lipinski definition) is 6. The summed E-state index contributed by atoms with van der Waals surface area (Å²) in [7, 11) is 4.79. The number of carbonyl (C=O) groups is 1. The highest BCUT2D eigenvalue weighted by Gasteiger charge is 2.38. The molecule has 3 aromatic rings. The number of Topliss-reactive ketones (excluding diaryl/α,β-unsaturated/α-hetero) is 1. The molecule has 1 aliphatic heterocycles. The number of hydrogen-bond donors (Lipinski definition) is 2. The van der Waals surface area contributed by atoms with E-state index in [9.17, 15) is 4.79 Å². The third kappa shape index (κ3) is 4.19. The molecule has 35 heavy (non-hydrogen) atoms. The molecule has 0 unspecified atom stereocenters. The summed E-state index contributed by atoms with van der Waals surface area (Å²) in [6, 6.07) is 18.9. The predicted octanol–water partition coefficient (Wildman–Crippen LogP) is 6.35. The maximum atomic E-state index is 13.8. The average Bonchev–Trinajstić information content (AvgIpc) is 3.05. The van der Waals surface area contributed by atoms with Crippen molar-refractivity contribution >= 4 is 28.8 Å². The monoisotopic (exact) mass is 490 g/mol. The number of allylic oxidation sites excluding steroid dienone is 1. The van der Waals surface area contributed by atoms with Gasteiger partial charge in [-0.1, -0.05) is 41.9 Å². The fraction of sp³-hybridized carbons (Fsp3) is 0.250. The molecule has 2 atom stereocenters. The van der Waals surface area contributed by atoms with Crippen LogP contribution in [0.25, 0.3) is 0 Å². The zero-order valence-corrected chi connectivity index (χ0v) is 20.6. The van der Waals surface area contributed by atoms with Crippen molar-refractivity contribution in [1.82, 2.24) is 0 Å². The Morgan fingerprint density at radius 3 is 2.17 bits per heavy atom. The second-order valence-corrected chi connectivity index (χ2v) is 9.05. The van der Waals surface area contributed by atoms with E-state index in [4.69, 9.17) is 25.8 Å². The number of carbonyl (C=O) groups excluding carboxylic acids is 1. The first-order valence-corrected chi connectivity index (χ1v) is 11.8. The summed E-state index contributed by atoms with van der Waals surface area (Å²) >= 11 is 6.52. The lowest BCUT2D eigenvalue weighted by Gasteiger charge is -2.31. The molecule has 0 spiro atoms. The molecule has 0 fully saturated rings. The summed E-state index contributed by atoms with van der Waals surface area (Å²) in [6.07, 6.45) is 1.03. The largest absolute Gasteiger partial charge is 0.496 e. The summed E-state index contributed by atoms with van der Waals surface area (Å²) in [5, 5.41) is 7.83. The molecule has 1 heterocycles. The molecule has 1 aliphatic carbocycles. The third-order valence-corrected chi connectivity index (χ3v) is 7.05. The van der Waals surface area contributed by atoms with E-state index < -0.39 is 6.04 Å². The van der Waals surface area contributed by atoms with Crippen molar-refractivity contribution in [2.45, 2.75) is 24.8 Å². The normalized spacial score (nSPS) is 19.0. The number of anilines is 2. The first-order valence-electron chi connectivity index (χ1n) is 11.5. The van der Waals surface area contributed by atoms with Crippen LogP contribution in [0.4, 0.5) is 11.4 Å². The van der Waals surface area contributed by atoms with Crippen molar-refractivity contribution in [3.05, 3.63) is 88.1 Å². The SMILES string of the molecule is COc1cc(OC)c([C@@H]2Nc3ccccc3NC3=C2C(=O)C[C@H](c2ccccc2Cl)C3)cc1OC. The molecule has 0 aromatic heterocycles. The number of halogens is 1. The van der Waals surface area contributed by atoms with Crippen LogP contribution in [0.5, 0.6) is 17.2 Å². The van der Waals surface area contributed by atoms with E-state index in [0.717, 1.165) is 28.2 Å². The molecule has 0 amide bonds. The Bertz CT molecular complexity index is 1320. The summed E-state index contributed by atoms with van der Waals surface area (Å²) in [5.74, 6) is 1.78. The molecule has 2 N–H and O–H groups in total. The third-order valence-electron chi connectivity index (χ3n) is 6.70. The second kappa shape index (κ2) is 9.55. The summed E-state index contributed by atoms with van der Waals surface area (Å²) in [6.45, 7) is 0. The summed E-state index contributed by atoms with van der Waals surface area (Å²) in [4.78, 5) is 13.8. The van der Waals surface area contributed by atoms with Gasteiger partial charge in [-0.15, -0.1) is 0 Å². The molecule has 2 aliphatic rings. The van der Waals surface area contributed by atoms with Crippen molar-refractivity contribution < 1.29 is 19.0 Å². The van der Waals surface area contributed by atoms with Gasteiger partial charge in [0.25, 0.3) is 0 Å². The van der Waals surface area contributed by atoms with E-state index in [1.807, 2.05) is 54.6 Å². The first kappa shape index (κ1) is 23.1. The minimum atomic E-state index is -0.449. The molecule has 0 bridgehead atoms. The van der Waals surface area contributed by atoms with E-state index in [1.165, 1.54) is 0 Å². The van der Waals surface area contributed by atoms with Crippen molar-refractivity contribution in [3.8, 4) is 17.2 Å². The van der Waals surface area contributed by atoms with Crippen molar-refractivity contribution in [1.29, 1.82) is 0 Å². The van der Waals surface area contributed by atoms with E-state index in [2.05, 4.69) is 10.6 Å². The van der Waals surface area contributed by atoms with Crippen LogP contribution in [-0.2, 0) is 4.79 Å². The van der Waals surface area contributed by atoms with Gasteiger partial charge in [0, 0.05) is 34.3 Å². The molecule has 3 aromatic carbocycles. The Kier molecular flexibility index (Phi) is 6.31. The Labute approximate surface area is 209 Å². The fourth-order valence-corrected chi connectivity index (χ4v) is 5.32. The highest BCUT2D eigenvalue weighted by molar-refractivity contribution is 6.31. The molecule has 5 rings (SSSR count). The maximum Gasteiger partial charge on any atom is 0.164 e. The van der Waals surface area contributed by atoms with Gasteiger partial charge in [0.15, 0.2) is 17.3 Å². The molecule has 0 saturated heterocycles. The number of fused-ring (bicyclic) bond motifs is 1. The first-order chi connectivity index (χ1) is 17.0. The number of nitrogens with one attached hydrogen (secondary N) is 2. The van der Waals surface area contributed by atoms with Gasteiger partial charge < -0.3 is 24.8 Å². The zero-order valence-electron chi connectivity index (χ0n) is 19.9. The number of methoxy groups -OCH3 is 3. The van der Waals surface area contributed by atoms with E-state index in [-0.39, 0.29) is 11.7 Å². The van der Waals surface area contributed by atoms with Gasteiger partial charge in [0.2, 0.25) is 0 Å². The lowest BCUT2D eigenvalue weighted by Crippen LogP contribution is -2.27. The summed E-state index contributed by atoms with van der Waals surface area (Å²) < 4.78 is 16.8. The topological polar surface area (TPSA) is 68.8 Å². The van der Waals surface area contributed by atoms with Gasteiger partial charge in [-0.3, -0.25) is 4.79 Å². The molecule has 7 heteroatoms. The lowest BCUT2D eigenvalue weighted by atomic mass is 9.78. The van der Waals surface area contributed by atoms with Gasteiger partial charge >= 0.3 is 0 Å². The van der Waals surface area contributed by atoms with Gasteiger partial charge in [-0.25, -0.2) is 0 Å². The van der Waals surface area contributed by atoms with Gasteiger partial charge in [0.05, 0.1) is 38.7 Å². The van der Waals surface area contributed by atoms with Gasteiger partial charge in [-0.05, 0) is 42.2 Å². The number of ether oxygens (including phenoxy) is 3. The maximum absolute atomic E-state index is 13.8. The highest BCUT2D eigenvalue weighted by atomic mass is 35.5. The summed E-state index contributed by atoms with van der Waals surface area (Å²) in [5.41, 5.74) is 5.16. The average molecular weight is 491 g/mol. The van der Waals surface area contributed by atoms with Crippen LogP contribution in [-0.4, -0.2) is 27.1 Å². The number of ketones is 1. The molecular formula is C28H27ClN2O4. The molecule has 0 radical (unpaired) electrons. The van der Waals surface area contributed by atoms with Crippen LogP contribution in [0, 0.1) is 0 Å². The van der Waals surface area contributed by atoms with E-state index in [1.54, 1.807) is 27.4 Å². The van der Waals surface area contributed by atoms with Crippen LogP contribution >= 0.6 is 11.6 Å². The van der Waals surface area contributed by atoms with Crippen LogP contribution in [0.15, 0.2) is 71.9 Å². The number of rotatable bonds is 5. The smallest absolute Gasteiger partial charge is 0.164 e. The van der Waals surface area contributed by atoms with Crippen LogP contribution in [0.3, 0.4) is 0 Å². The van der Waals surface area contributed by atoms with E-state index >= 15 is 0 Å². The van der Waals surface area contributed by atoms with Crippen molar-refractivity contribution in [2.24, 2.45) is 0 Å². The Morgan fingerprint density at radius 2 is 1.46 bits per heavy atom. The molecule has 6 nitrogen and oxygen atoms in total. The van der Waals surface area contributed by atoms with E-state index in [0.29, 0.717) is 40.7 Å². The molecular weight excluding hydrogens is 464 g/mol. The highest BCUT2D eigenvalue weighted by Crippen LogP contribution is 2.48. The fourth-order valence-electron chi connectivity index (χ4n) is 5.03. The molecule has 0 saturated carbocycles. The Balaban J connectivity index is 1.67. The van der Waals surface area contributed by atoms with Crippen molar-refractivity contribution in [3.63, 3.8) is 0 Å². The lowest BCUT2D eigenvalue weighted by molar-refractivity contribution is -0.116. The minimum Gasteiger partial charge on any atom is -0.496 e. The minimum absolute atomic E-state index is 0.0133. The second-order valence-electron chi connectivity index (χ2n) is 8.64. The number of para-hydroxylation sites is 2. The molecule has 180 valence electrons. The zero-order chi connectivity index (χ0) is 24.5. The standard InChI is InChI=1S/C28H27ClN2O4/c1-33-24-15-26(35-3)25(34-2)14-18(24)28-27-22(30-20-10-6-7-11-21(20)31-28)12-16(13-23(27)32)17-8-4-5-9-19(17)29/h4-11,14-16,28,30-31H,12-13H2,1-3H3/t16-,28+/m1/s1. The van der Waals surface area contributed by atoms with Crippen molar-refractivity contribution in [2.75, 3.05) is 32.0 Å². The quantitative estimate of drug-likeness (QED) is 0.434. The van der Waals surface area contributed by atoms with Crippen LogP contribution < -0.4 is 24.8 Å². The number of benzene rings is 3. The van der Waals surface area contributed by atoms with Crippen LogP contribution in [0.2, 0.25) is 5.02 Å². The van der Waals surface area contributed by atoms with Gasteiger partial charge in [-0.2, -0.15) is 0 Å². The van der Waals surface area contributed by atoms with Gasteiger partial charge in [0.1, 0.15) is 5.75 Å².